The number of nitrogens with zero attached hydrogens (tertiary/aromatic N) is 2. The lowest BCUT2D eigenvalue weighted by Gasteiger charge is -2.20. The van der Waals surface area contributed by atoms with E-state index < -0.39 is 0 Å². The Morgan fingerprint density at radius 3 is 2.90 bits per heavy atom. The normalized spacial score (nSPS) is 19.1. The van der Waals surface area contributed by atoms with Gasteiger partial charge in [-0.15, -0.1) is 0 Å². The highest BCUT2D eigenvalue weighted by Crippen LogP contribution is 2.21. The molecule has 0 amide bonds. The van der Waals surface area contributed by atoms with Crippen molar-refractivity contribution in [3.8, 4) is 0 Å². The molecule has 0 fully saturated rings. The van der Waals surface area contributed by atoms with Gasteiger partial charge in [-0.3, -0.25) is 5.32 Å². The standard InChI is InChI=1S/C17H24N3/c1-2-11-19-13-14-20-12-7-6-10-18-16(17(19)20)15-8-4-3-5-9-15/h3-5,8-9,13-14,16,18H,2,6-7,10-12H2,1H3/q+1. The minimum absolute atomic E-state index is 0.304. The third kappa shape index (κ3) is 2.63. The SMILES string of the molecule is CCCn1cc[n+]2c1C(c1ccccc1)NCCCC2. The molecule has 0 spiro atoms. The zero-order chi connectivity index (χ0) is 13.8. The van der Waals surface area contributed by atoms with Crippen LogP contribution in [0.25, 0.3) is 0 Å². The van der Waals surface area contributed by atoms with E-state index in [1.807, 2.05) is 0 Å². The Kier molecular flexibility index (Phi) is 4.16. The van der Waals surface area contributed by atoms with Gasteiger partial charge in [-0.1, -0.05) is 37.3 Å². The molecule has 3 heteroatoms. The molecule has 1 aromatic heterocycles. The Morgan fingerprint density at radius 1 is 1.25 bits per heavy atom. The first-order chi connectivity index (χ1) is 9.90. The first kappa shape index (κ1) is 13.4. The summed E-state index contributed by atoms with van der Waals surface area (Å²) in [6, 6.07) is 11.1. The molecule has 106 valence electrons. The number of fused-ring (bicyclic) bond motifs is 1. The van der Waals surface area contributed by atoms with Crippen molar-refractivity contribution in [3.05, 3.63) is 54.1 Å². The van der Waals surface area contributed by atoms with E-state index in [-0.39, 0.29) is 0 Å². The molecule has 0 saturated carbocycles. The second kappa shape index (κ2) is 6.23. The first-order valence-electron chi connectivity index (χ1n) is 7.77. The highest BCUT2D eigenvalue weighted by molar-refractivity contribution is 5.24. The minimum atomic E-state index is 0.304. The summed E-state index contributed by atoms with van der Waals surface area (Å²) in [5.74, 6) is 1.40. The maximum atomic E-state index is 3.74. The summed E-state index contributed by atoms with van der Waals surface area (Å²) in [5.41, 5.74) is 1.36. The monoisotopic (exact) mass is 270 g/mol. The molecule has 1 atom stereocenters. The van der Waals surface area contributed by atoms with Crippen LogP contribution in [0.4, 0.5) is 0 Å². The van der Waals surface area contributed by atoms with Gasteiger partial charge in [0.05, 0.1) is 13.1 Å². The van der Waals surface area contributed by atoms with Gasteiger partial charge < -0.3 is 0 Å². The Bertz CT molecular complexity index is 531. The average Bonchev–Trinajstić information content (AvgIpc) is 2.83. The largest absolute Gasteiger partial charge is 0.300 e. The zero-order valence-electron chi connectivity index (χ0n) is 12.3. The van der Waals surface area contributed by atoms with E-state index in [4.69, 9.17) is 0 Å². The van der Waals surface area contributed by atoms with E-state index in [9.17, 15) is 0 Å². The molecular weight excluding hydrogens is 246 g/mol. The molecule has 0 bridgehead atoms. The molecule has 3 nitrogen and oxygen atoms in total. The summed E-state index contributed by atoms with van der Waals surface area (Å²) in [4.78, 5) is 0. The Balaban J connectivity index is 2.04. The van der Waals surface area contributed by atoms with Gasteiger partial charge in [0, 0.05) is 0 Å². The summed E-state index contributed by atoms with van der Waals surface area (Å²) in [6.07, 6.45) is 8.15. The van der Waals surface area contributed by atoms with Crippen LogP contribution in [0.1, 0.15) is 43.6 Å². The molecule has 0 aliphatic carbocycles. The van der Waals surface area contributed by atoms with Crippen LogP contribution in [-0.2, 0) is 13.1 Å². The van der Waals surface area contributed by atoms with Gasteiger partial charge in [0.15, 0.2) is 0 Å². The molecule has 2 aromatic rings. The van der Waals surface area contributed by atoms with Gasteiger partial charge in [0.2, 0.25) is 0 Å². The molecule has 0 saturated heterocycles. The maximum Gasteiger partial charge on any atom is 0.278 e. The third-order valence-corrected chi connectivity index (χ3v) is 4.04. The van der Waals surface area contributed by atoms with Crippen LogP contribution >= 0.6 is 0 Å². The molecule has 1 aliphatic heterocycles. The molecule has 20 heavy (non-hydrogen) atoms. The van der Waals surface area contributed by atoms with Crippen molar-refractivity contribution in [1.29, 1.82) is 0 Å². The summed E-state index contributed by atoms with van der Waals surface area (Å²) < 4.78 is 4.84. The van der Waals surface area contributed by atoms with Crippen LogP contribution < -0.4 is 9.88 Å². The number of nitrogens with one attached hydrogen (secondary N) is 1. The molecule has 1 unspecified atom stereocenters. The number of rotatable bonds is 3. The number of imidazole rings is 1. The number of aromatic nitrogens is 2. The Morgan fingerprint density at radius 2 is 2.10 bits per heavy atom. The topological polar surface area (TPSA) is 20.8 Å². The fraction of sp³-hybridized carbons (Fsp3) is 0.471. The Labute approximate surface area is 121 Å². The van der Waals surface area contributed by atoms with E-state index in [2.05, 4.69) is 64.1 Å². The molecule has 1 aliphatic rings. The lowest BCUT2D eigenvalue weighted by Crippen LogP contribution is -2.44. The van der Waals surface area contributed by atoms with Crippen molar-refractivity contribution < 1.29 is 4.57 Å². The van der Waals surface area contributed by atoms with E-state index in [0.29, 0.717) is 6.04 Å². The van der Waals surface area contributed by atoms with Crippen LogP contribution in [-0.4, -0.2) is 11.1 Å². The zero-order valence-corrected chi connectivity index (χ0v) is 12.3. The Hall–Kier alpha value is -1.61. The number of benzene rings is 1. The van der Waals surface area contributed by atoms with Gasteiger partial charge in [0.1, 0.15) is 18.4 Å². The second-order valence-corrected chi connectivity index (χ2v) is 5.55. The predicted molar refractivity (Wildman–Crippen MR) is 80.4 cm³/mol. The second-order valence-electron chi connectivity index (χ2n) is 5.55. The van der Waals surface area contributed by atoms with Crippen LogP contribution in [0.15, 0.2) is 42.7 Å². The van der Waals surface area contributed by atoms with E-state index in [1.165, 1.54) is 30.7 Å². The molecular formula is C17H24N3+. The van der Waals surface area contributed by atoms with Crippen LogP contribution in [0.3, 0.4) is 0 Å². The van der Waals surface area contributed by atoms with E-state index in [0.717, 1.165) is 19.6 Å². The fourth-order valence-electron chi connectivity index (χ4n) is 3.09. The van der Waals surface area contributed by atoms with Gasteiger partial charge in [-0.2, -0.15) is 0 Å². The summed E-state index contributed by atoms with van der Waals surface area (Å²) in [6.45, 7) is 5.56. The van der Waals surface area contributed by atoms with Gasteiger partial charge >= 0.3 is 0 Å². The van der Waals surface area contributed by atoms with Crippen molar-refractivity contribution in [2.45, 2.75) is 45.3 Å². The predicted octanol–water partition coefficient (Wildman–Crippen LogP) is 2.66. The average molecular weight is 270 g/mol. The van der Waals surface area contributed by atoms with Crippen LogP contribution in [0, 0.1) is 0 Å². The molecule has 0 radical (unpaired) electrons. The van der Waals surface area contributed by atoms with Crippen molar-refractivity contribution in [2.75, 3.05) is 6.54 Å². The smallest absolute Gasteiger partial charge is 0.278 e. The lowest BCUT2D eigenvalue weighted by atomic mass is 10.0. The first-order valence-corrected chi connectivity index (χ1v) is 7.77. The minimum Gasteiger partial charge on any atom is -0.300 e. The highest BCUT2D eigenvalue weighted by atomic mass is 15.2. The maximum absolute atomic E-state index is 3.74. The van der Waals surface area contributed by atoms with Gasteiger partial charge in [-0.05, 0) is 31.4 Å². The lowest BCUT2D eigenvalue weighted by molar-refractivity contribution is -0.706. The van der Waals surface area contributed by atoms with Crippen molar-refractivity contribution >= 4 is 0 Å². The summed E-state index contributed by atoms with van der Waals surface area (Å²) >= 11 is 0. The van der Waals surface area contributed by atoms with Crippen molar-refractivity contribution in [1.82, 2.24) is 9.88 Å². The number of hydrogen-bond donors (Lipinski definition) is 1. The van der Waals surface area contributed by atoms with Gasteiger partial charge in [0.25, 0.3) is 5.82 Å². The summed E-state index contributed by atoms with van der Waals surface area (Å²) in [5, 5.41) is 3.74. The molecule has 3 rings (SSSR count). The van der Waals surface area contributed by atoms with Crippen molar-refractivity contribution in [3.63, 3.8) is 0 Å². The molecule has 2 heterocycles. The van der Waals surface area contributed by atoms with Gasteiger partial charge in [-0.25, -0.2) is 9.13 Å². The van der Waals surface area contributed by atoms with Crippen molar-refractivity contribution in [2.24, 2.45) is 0 Å². The molecule has 1 N–H and O–H groups in total. The molecule has 1 aromatic carbocycles. The highest BCUT2D eigenvalue weighted by Gasteiger charge is 2.28. The van der Waals surface area contributed by atoms with E-state index in [1.54, 1.807) is 0 Å². The third-order valence-electron chi connectivity index (χ3n) is 4.04. The van der Waals surface area contributed by atoms with Crippen LogP contribution in [0.2, 0.25) is 0 Å². The number of hydrogen-bond acceptors (Lipinski definition) is 1. The fourth-order valence-corrected chi connectivity index (χ4v) is 3.09. The van der Waals surface area contributed by atoms with E-state index >= 15 is 0 Å². The summed E-state index contributed by atoms with van der Waals surface area (Å²) in [7, 11) is 0. The quantitative estimate of drug-likeness (QED) is 0.851. The number of aryl methyl sites for hydroxylation is 2. The van der Waals surface area contributed by atoms with Crippen LogP contribution in [0.5, 0.6) is 0 Å².